The lowest BCUT2D eigenvalue weighted by atomic mass is 9.93. The van der Waals surface area contributed by atoms with Gasteiger partial charge in [0.2, 0.25) is 0 Å². The number of carbonyl (C=O) groups is 2. The van der Waals surface area contributed by atoms with Gasteiger partial charge in [-0.1, -0.05) is 79.1 Å². The van der Waals surface area contributed by atoms with E-state index in [4.69, 9.17) is 0 Å². The van der Waals surface area contributed by atoms with Crippen LogP contribution in [0.4, 0.5) is 26.3 Å². The maximum Gasteiger partial charge on any atom is 0.425 e. The molecule has 0 saturated carbocycles. The first-order valence-electron chi connectivity index (χ1n) is 12.0. The zero-order valence-electron chi connectivity index (χ0n) is 20.4. The molecule has 0 aromatic heterocycles. The van der Waals surface area contributed by atoms with Gasteiger partial charge in [0.1, 0.15) is 0 Å². The van der Waals surface area contributed by atoms with E-state index in [1.165, 1.54) is 0 Å². The lowest BCUT2D eigenvalue weighted by Gasteiger charge is -2.25. The predicted octanol–water partition coefficient (Wildman–Crippen LogP) is 7.70. The minimum absolute atomic E-state index is 0.305. The molecule has 0 bridgehead atoms. The number of esters is 2. The average Bonchev–Trinajstić information content (AvgIpc) is 2.74. The number of ether oxygens (including phenoxy) is 2. The van der Waals surface area contributed by atoms with Gasteiger partial charge in [-0.2, -0.15) is 26.3 Å². The highest BCUT2D eigenvalue weighted by molar-refractivity contribution is 5.91. The number of rotatable bonds is 16. The van der Waals surface area contributed by atoms with E-state index in [-0.39, 0.29) is 11.8 Å². The van der Waals surface area contributed by atoms with Gasteiger partial charge in [0, 0.05) is 12.2 Å². The van der Waals surface area contributed by atoms with Crippen LogP contribution in [0.1, 0.15) is 91.9 Å². The fourth-order valence-corrected chi connectivity index (χ4v) is 3.56. The molecule has 0 amide bonds. The second-order valence-corrected chi connectivity index (χ2v) is 8.57. The molecule has 34 heavy (non-hydrogen) atoms. The highest BCUT2D eigenvalue weighted by Crippen LogP contribution is 2.32. The summed E-state index contributed by atoms with van der Waals surface area (Å²) in [6, 6.07) is 0. The molecule has 200 valence electrons. The molecule has 0 rings (SSSR count). The summed E-state index contributed by atoms with van der Waals surface area (Å²) < 4.78 is 89.0. The first kappa shape index (κ1) is 32.3. The quantitative estimate of drug-likeness (QED) is 0.123. The van der Waals surface area contributed by atoms with Gasteiger partial charge in [-0.3, -0.25) is 0 Å². The second-order valence-electron chi connectivity index (χ2n) is 8.57. The van der Waals surface area contributed by atoms with Crippen molar-refractivity contribution in [3.8, 4) is 0 Å². The molecule has 4 unspecified atom stereocenters. The lowest BCUT2D eigenvalue weighted by Crippen LogP contribution is -2.36. The van der Waals surface area contributed by atoms with E-state index < -0.39 is 49.3 Å². The molecule has 0 spiro atoms. The molecule has 0 saturated heterocycles. The molecule has 0 aliphatic carbocycles. The molecule has 0 radical (unpaired) electrons. The highest BCUT2D eigenvalue weighted by Gasteiger charge is 2.44. The molecule has 0 aromatic carbocycles. The van der Waals surface area contributed by atoms with Crippen LogP contribution in [0.15, 0.2) is 12.2 Å². The summed E-state index contributed by atoms with van der Waals surface area (Å²) >= 11 is 0. The number of halogens is 6. The van der Waals surface area contributed by atoms with Crippen molar-refractivity contribution in [1.82, 2.24) is 0 Å². The van der Waals surface area contributed by atoms with Crippen molar-refractivity contribution in [1.29, 1.82) is 0 Å². The Morgan fingerprint density at radius 1 is 0.676 bits per heavy atom. The van der Waals surface area contributed by atoms with Crippen LogP contribution in [0.3, 0.4) is 0 Å². The number of carbonyl (C=O) groups excluding carboxylic acids is 2. The molecular weight excluding hydrogens is 466 g/mol. The van der Waals surface area contributed by atoms with Crippen molar-refractivity contribution in [2.45, 2.75) is 116 Å². The topological polar surface area (TPSA) is 52.6 Å². The molecule has 4 atom stereocenters. The first-order valence-corrected chi connectivity index (χ1v) is 12.0. The number of alkyl halides is 6. The molecule has 0 aliphatic heterocycles. The zero-order chi connectivity index (χ0) is 26.4. The Kier molecular flexibility index (Phi) is 15.2. The molecular formula is C24H38F6O4. The van der Waals surface area contributed by atoms with Crippen LogP contribution in [-0.4, -0.2) is 36.5 Å². The summed E-state index contributed by atoms with van der Waals surface area (Å²) in [5, 5.41) is 0. The largest absolute Gasteiger partial charge is 0.450 e. The van der Waals surface area contributed by atoms with Crippen LogP contribution in [0.25, 0.3) is 0 Å². The zero-order valence-corrected chi connectivity index (χ0v) is 20.4. The summed E-state index contributed by atoms with van der Waals surface area (Å²) in [6.07, 6.45) is -9.29. The van der Waals surface area contributed by atoms with Gasteiger partial charge in [0.25, 0.3) is 0 Å². The van der Waals surface area contributed by atoms with E-state index in [1.807, 2.05) is 13.8 Å². The third-order valence-corrected chi connectivity index (χ3v) is 5.78. The van der Waals surface area contributed by atoms with Crippen molar-refractivity contribution < 1.29 is 45.4 Å². The summed E-state index contributed by atoms with van der Waals surface area (Å²) in [6.45, 7) is 7.31. The second kappa shape index (κ2) is 16.0. The Balaban J connectivity index is 5.13. The molecule has 0 fully saturated rings. The Labute approximate surface area is 198 Å². The van der Waals surface area contributed by atoms with Gasteiger partial charge in [0.05, 0.1) is 0 Å². The van der Waals surface area contributed by atoms with Crippen LogP contribution in [0.2, 0.25) is 0 Å². The molecule has 0 N–H and O–H groups in total. The fraction of sp³-hybridized carbons (Fsp3) is 0.833. The predicted molar refractivity (Wildman–Crippen MR) is 117 cm³/mol. The first-order chi connectivity index (χ1) is 15.8. The summed E-state index contributed by atoms with van der Waals surface area (Å²) in [5.41, 5.74) is 0. The number of unbranched alkanes of at least 4 members (excludes halogenated alkanes) is 2. The third kappa shape index (κ3) is 13.8. The van der Waals surface area contributed by atoms with Crippen LogP contribution in [0.5, 0.6) is 0 Å². The third-order valence-electron chi connectivity index (χ3n) is 5.78. The fourth-order valence-electron chi connectivity index (χ4n) is 3.56. The van der Waals surface area contributed by atoms with Crippen molar-refractivity contribution in [2.24, 2.45) is 11.8 Å². The van der Waals surface area contributed by atoms with E-state index in [1.54, 1.807) is 13.8 Å². The smallest absolute Gasteiger partial charge is 0.425 e. The molecule has 0 heterocycles. The Bertz CT molecular complexity index is 564. The standard InChI is InChI=1S/C24H38F6O4/c1-5-9-11-17(7-3)15-19(23(25,26)27)33-21(31)13-14-22(32)34-20(24(28,29)30)16-18(8-4)12-10-6-2/h13-14,17-20H,5-12,15-16H2,1-4H3/b14-13+. The Morgan fingerprint density at radius 3 is 1.24 bits per heavy atom. The molecule has 0 aliphatic rings. The summed E-state index contributed by atoms with van der Waals surface area (Å²) in [7, 11) is 0. The summed E-state index contributed by atoms with van der Waals surface area (Å²) in [4.78, 5) is 23.7. The van der Waals surface area contributed by atoms with E-state index in [9.17, 15) is 35.9 Å². The lowest BCUT2D eigenvalue weighted by molar-refractivity contribution is -0.223. The van der Waals surface area contributed by atoms with E-state index >= 15 is 0 Å². The number of hydrogen-bond donors (Lipinski definition) is 0. The van der Waals surface area contributed by atoms with Crippen LogP contribution in [0, 0.1) is 11.8 Å². The van der Waals surface area contributed by atoms with E-state index in [2.05, 4.69) is 9.47 Å². The van der Waals surface area contributed by atoms with Crippen molar-refractivity contribution in [2.75, 3.05) is 0 Å². The highest BCUT2D eigenvalue weighted by atomic mass is 19.4. The van der Waals surface area contributed by atoms with Gasteiger partial charge < -0.3 is 9.47 Å². The van der Waals surface area contributed by atoms with Gasteiger partial charge in [-0.25, -0.2) is 9.59 Å². The SMILES string of the molecule is CCCCC(CC)CC(OC(=O)/C=C/C(=O)OC(CC(CC)CCCC)C(F)(F)F)C(F)(F)F. The minimum Gasteiger partial charge on any atom is -0.450 e. The van der Waals surface area contributed by atoms with Crippen LogP contribution in [-0.2, 0) is 19.1 Å². The average molecular weight is 505 g/mol. The van der Waals surface area contributed by atoms with Gasteiger partial charge >= 0.3 is 24.3 Å². The van der Waals surface area contributed by atoms with Crippen LogP contribution < -0.4 is 0 Å². The Hall–Kier alpha value is -1.74. The van der Waals surface area contributed by atoms with E-state index in [0.29, 0.717) is 37.8 Å². The van der Waals surface area contributed by atoms with Crippen molar-refractivity contribution >= 4 is 11.9 Å². The van der Waals surface area contributed by atoms with Gasteiger partial charge in [-0.05, 0) is 24.7 Å². The van der Waals surface area contributed by atoms with Crippen LogP contribution >= 0.6 is 0 Å². The monoisotopic (exact) mass is 504 g/mol. The molecule has 10 heteroatoms. The maximum atomic E-state index is 13.3. The molecule has 4 nitrogen and oxygen atoms in total. The van der Waals surface area contributed by atoms with Crippen molar-refractivity contribution in [3.05, 3.63) is 12.2 Å². The Morgan fingerprint density at radius 2 is 1.00 bits per heavy atom. The minimum atomic E-state index is -4.81. The van der Waals surface area contributed by atoms with Gasteiger partial charge in [-0.15, -0.1) is 0 Å². The summed E-state index contributed by atoms with van der Waals surface area (Å²) in [5.74, 6) is -3.55. The maximum absolute atomic E-state index is 13.3. The normalized spacial score (nSPS) is 16.2. The van der Waals surface area contributed by atoms with E-state index in [0.717, 1.165) is 25.7 Å². The van der Waals surface area contributed by atoms with Crippen molar-refractivity contribution in [3.63, 3.8) is 0 Å². The van der Waals surface area contributed by atoms with Gasteiger partial charge in [0.15, 0.2) is 12.2 Å². The molecule has 0 aromatic rings. The number of hydrogen-bond acceptors (Lipinski definition) is 4.